The molecule has 7 heteroatoms. The summed E-state index contributed by atoms with van der Waals surface area (Å²) < 4.78 is 19.7. The number of Topliss-reactive ketones (excluding diaryl/α,β-unsaturated/α-hetero) is 2. The first-order valence-corrected chi connectivity index (χ1v) is 6.47. The van der Waals surface area contributed by atoms with Gasteiger partial charge in [0, 0.05) is 7.11 Å². The Labute approximate surface area is 124 Å². The third-order valence-corrected chi connectivity index (χ3v) is 2.96. The van der Waals surface area contributed by atoms with Crippen LogP contribution in [0.3, 0.4) is 0 Å². The quantitative estimate of drug-likeness (QED) is 0.544. The lowest BCUT2D eigenvalue weighted by molar-refractivity contribution is -0.163. The van der Waals surface area contributed by atoms with Crippen LogP contribution in [0.2, 0.25) is 0 Å². The molecule has 0 amide bonds. The Hall–Kier alpha value is -1.31. The van der Waals surface area contributed by atoms with Crippen LogP contribution in [0, 0.1) is 0 Å². The van der Waals surface area contributed by atoms with Crippen LogP contribution in [0.1, 0.15) is 27.7 Å². The maximum atomic E-state index is 12.0. The van der Waals surface area contributed by atoms with Crippen LogP contribution in [0.25, 0.3) is 0 Å². The molecule has 7 nitrogen and oxygen atoms in total. The van der Waals surface area contributed by atoms with Crippen LogP contribution in [0.15, 0.2) is 0 Å². The van der Waals surface area contributed by atoms with E-state index in [1.165, 1.54) is 28.1 Å². The number of hydrogen-bond acceptors (Lipinski definition) is 7. The minimum Gasteiger partial charge on any atom is -0.467 e. The molecule has 0 radical (unpaired) electrons. The van der Waals surface area contributed by atoms with E-state index >= 15 is 0 Å². The van der Waals surface area contributed by atoms with Gasteiger partial charge in [-0.1, -0.05) is 0 Å². The first-order chi connectivity index (χ1) is 9.56. The molecule has 0 heterocycles. The molecule has 0 N–H and O–H groups in total. The highest BCUT2D eigenvalue weighted by atomic mass is 16.6. The minimum absolute atomic E-state index is 0.0938. The van der Waals surface area contributed by atoms with Crippen molar-refractivity contribution in [3.05, 3.63) is 0 Å². The number of ether oxygens (including phenoxy) is 4. The summed E-state index contributed by atoms with van der Waals surface area (Å²) in [4.78, 5) is 34.8. The number of hydrogen-bond donors (Lipinski definition) is 0. The third kappa shape index (κ3) is 6.79. The summed E-state index contributed by atoms with van der Waals surface area (Å²) in [6.07, 6.45) is 0. The summed E-state index contributed by atoms with van der Waals surface area (Å²) >= 11 is 0. The lowest BCUT2D eigenvalue weighted by atomic mass is 10.0. The average Bonchev–Trinajstić information content (AvgIpc) is 2.42. The number of carbonyl (C=O) groups is 3. The number of methoxy groups -OCH3 is 2. The van der Waals surface area contributed by atoms with Crippen molar-refractivity contribution in [2.24, 2.45) is 0 Å². The largest absolute Gasteiger partial charge is 0.467 e. The zero-order valence-corrected chi connectivity index (χ0v) is 13.5. The van der Waals surface area contributed by atoms with E-state index < -0.39 is 17.2 Å². The van der Waals surface area contributed by atoms with E-state index in [-0.39, 0.29) is 31.4 Å². The molecular weight excluding hydrogens is 280 g/mol. The van der Waals surface area contributed by atoms with Gasteiger partial charge in [-0.3, -0.25) is 9.59 Å². The standard InChI is InChI=1S/C14H24O7/c1-13(2,10(15)7-18-5)20-8-11(16)14(3,4)21-9-12(17)19-6/h7-9H2,1-6H3. The Morgan fingerprint density at radius 1 is 0.762 bits per heavy atom. The molecule has 122 valence electrons. The van der Waals surface area contributed by atoms with E-state index in [0.29, 0.717) is 0 Å². The molecule has 0 aromatic heterocycles. The molecule has 0 atom stereocenters. The lowest BCUT2D eigenvalue weighted by Gasteiger charge is -2.27. The van der Waals surface area contributed by atoms with Crippen LogP contribution in [0.4, 0.5) is 0 Å². The van der Waals surface area contributed by atoms with E-state index in [1.807, 2.05) is 0 Å². The zero-order valence-electron chi connectivity index (χ0n) is 13.5. The number of carbonyl (C=O) groups excluding carboxylic acids is 3. The molecule has 0 aliphatic rings. The Kier molecular flexibility index (Phi) is 7.70. The second-order valence-electron chi connectivity index (χ2n) is 5.45. The Morgan fingerprint density at radius 2 is 1.19 bits per heavy atom. The van der Waals surface area contributed by atoms with Crippen molar-refractivity contribution in [1.82, 2.24) is 0 Å². The van der Waals surface area contributed by atoms with E-state index in [2.05, 4.69) is 4.74 Å². The summed E-state index contributed by atoms with van der Waals surface area (Å²) in [5, 5.41) is 0. The minimum atomic E-state index is -1.21. The van der Waals surface area contributed by atoms with Crippen molar-refractivity contribution >= 4 is 17.5 Å². The van der Waals surface area contributed by atoms with Gasteiger partial charge < -0.3 is 18.9 Å². The van der Waals surface area contributed by atoms with Crippen LogP contribution in [-0.4, -0.2) is 62.8 Å². The van der Waals surface area contributed by atoms with Crippen molar-refractivity contribution in [2.45, 2.75) is 38.9 Å². The van der Waals surface area contributed by atoms with Gasteiger partial charge in [0.05, 0.1) is 7.11 Å². The van der Waals surface area contributed by atoms with Crippen LogP contribution in [-0.2, 0) is 33.3 Å². The second-order valence-corrected chi connectivity index (χ2v) is 5.45. The molecule has 0 aliphatic heterocycles. The van der Waals surface area contributed by atoms with E-state index in [1.54, 1.807) is 13.8 Å². The molecule has 0 saturated heterocycles. The predicted octanol–water partition coefficient (Wildman–Crippen LogP) is 0.534. The summed E-state index contributed by atoms with van der Waals surface area (Å²) in [6.45, 7) is 5.42. The topological polar surface area (TPSA) is 88.1 Å². The molecule has 21 heavy (non-hydrogen) atoms. The first-order valence-electron chi connectivity index (χ1n) is 6.47. The highest BCUT2D eigenvalue weighted by Gasteiger charge is 2.34. The smallest absolute Gasteiger partial charge is 0.331 e. The monoisotopic (exact) mass is 304 g/mol. The van der Waals surface area contributed by atoms with Crippen molar-refractivity contribution in [3.8, 4) is 0 Å². The normalized spacial score (nSPS) is 12.1. The first kappa shape index (κ1) is 19.7. The lowest BCUT2D eigenvalue weighted by Crippen LogP contribution is -2.44. The van der Waals surface area contributed by atoms with Gasteiger partial charge in [0.25, 0.3) is 0 Å². The van der Waals surface area contributed by atoms with Gasteiger partial charge in [0.1, 0.15) is 31.0 Å². The van der Waals surface area contributed by atoms with Gasteiger partial charge in [-0.25, -0.2) is 4.79 Å². The highest BCUT2D eigenvalue weighted by Crippen LogP contribution is 2.15. The molecular formula is C14H24O7. The Bertz CT molecular complexity index is 385. The van der Waals surface area contributed by atoms with Crippen molar-refractivity contribution in [2.75, 3.05) is 34.0 Å². The molecule has 0 unspecified atom stereocenters. The number of rotatable bonds is 10. The van der Waals surface area contributed by atoms with E-state index in [9.17, 15) is 14.4 Å². The second kappa shape index (κ2) is 8.21. The molecule has 0 aromatic carbocycles. The van der Waals surface area contributed by atoms with Gasteiger partial charge in [0.2, 0.25) is 0 Å². The van der Waals surface area contributed by atoms with Crippen LogP contribution >= 0.6 is 0 Å². The van der Waals surface area contributed by atoms with Gasteiger partial charge in [-0.2, -0.15) is 0 Å². The highest BCUT2D eigenvalue weighted by molar-refractivity contribution is 5.90. The number of esters is 1. The SMILES string of the molecule is COCC(=O)C(C)(C)OCC(=O)C(C)(C)OCC(=O)OC. The summed E-state index contributed by atoms with van der Waals surface area (Å²) in [5.74, 6) is -1.23. The van der Waals surface area contributed by atoms with Gasteiger partial charge in [0.15, 0.2) is 11.6 Å². The molecule has 0 aromatic rings. The fraction of sp³-hybridized carbons (Fsp3) is 0.786. The summed E-state index contributed by atoms with van der Waals surface area (Å²) in [7, 11) is 2.64. The number of ketones is 2. The molecule has 0 aliphatic carbocycles. The van der Waals surface area contributed by atoms with Crippen LogP contribution in [0.5, 0.6) is 0 Å². The maximum absolute atomic E-state index is 12.0. The van der Waals surface area contributed by atoms with Gasteiger partial charge in [-0.05, 0) is 27.7 Å². The maximum Gasteiger partial charge on any atom is 0.331 e. The van der Waals surface area contributed by atoms with E-state index in [4.69, 9.17) is 14.2 Å². The van der Waals surface area contributed by atoms with E-state index in [0.717, 1.165) is 0 Å². The summed E-state index contributed by atoms with van der Waals surface area (Å²) in [6, 6.07) is 0. The fourth-order valence-electron chi connectivity index (χ4n) is 1.18. The molecule has 0 bridgehead atoms. The average molecular weight is 304 g/mol. The van der Waals surface area contributed by atoms with Gasteiger partial charge in [-0.15, -0.1) is 0 Å². The van der Waals surface area contributed by atoms with Gasteiger partial charge >= 0.3 is 5.97 Å². The zero-order chi connectivity index (χ0) is 16.7. The Balaban J connectivity index is 4.47. The third-order valence-electron chi connectivity index (χ3n) is 2.96. The Morgan fingerprint density at radius 3 is 1.62 bits per heavy atom. The molecule has 0 spiro atoms. The summed E-state index contributed by atoms with van der Waals surface area (Å²) in [5.41, 5.74) is -2.35. The van der Waals surface area contributed by atoms with Crippen molar-refractivity contribution in [3.63, 3.8) is 0 Å². The van der Waals surface area contributed by atoms with Crippen molar-refractivity contribution < 1.29 is 33.3 Å². The molecule has 0 saturated carbocycles. The molecule has 0 fully saturated rings. The van der Waals surface area contributed by atoms with Crippen LogP contribution < -0.4 is 0 Å². The van der Waals surface area contributed by atoms with Crippen molar-refractivity contribution in [1.29, 1.82) is 0 Å². The predicted molar refractivity (Wildman–Crippen MR) is 74.0 cm³/mol. The fourth-order valence-corrected chi connectivity index (χ4v) is 1.18. The molecule has 0 rings (SSSR count).